The van der Waals surface area contributed by atoms with E-state index in [0.29, 0.717) is 12.8 Å². The molecule has 1 aliphatic rings. The first-order chi connectivity index (χ1) is 24.5. The molecule has 0 aromatic rings. The van der Waals surface area contributed by atoms with E-state index >= 15 is 0 Å². The van der Waals surface area contributed by atoms with Crippen LogP contribution in [0.1, 0.15) is 162 Å². The molecule has 0 radical (unpaired) electrons. The highest BCUT2D eigenvalue weighted by molar-refractivity contribution is 7.85. The summed E-state index contributed by atoms with van der Waals surface area (Å²) in [5, 5.41) is 30.7. The number of aliphatic hydroxyl groups is 3. The summed E-state index contributed by atoms with van der Waals surface area (Å²) in [6.07, 6.45) is 18.5. The Bertz CT molecular complexity index is 1020. The molecule has 1 fully saturated rings. The van der Waals surface area contributed by atoms with Gasteiger partial charge in [-0.3, -0.25) is 14.1 Å². The Morgan fingerprint density at radius 1 is 0.647 bits per heavy atom. The van der Waals surface area contributed by atoms with Gasteiger partial charge in [0.2, 0.25) is 0 Å². The zero-order valence-corrected chi connectivity index (χ0v) is 32.3. The number of rotatable bonds is 32. The summed E-state index contributed by atoms with van der Waals surface area (Å²) in [5.41, 5.74) is 0. The minimum atomic E-state index is -4.59. The Balaban J connectivity index is 2.52. The van der Waals surface area contributed by atoms with Crippen molar-refractivity contribution in [1.29, 1.82) is 0 Å². The second-order valence-corrected chi connectivity index (χ2v) is 15.4. The van der Waals surface area contributed by atoms with Gasteiger partial charge in [-0.05, 0) is 38.5 Å². The van der Waals surface area contributed by atoms with Crippen LogP contribution < -0.4 is 0 Å². The van der Waals surface area contributed by atoms with E-state index in [1.807, 2.05) is 0 Å². The average molecular weight is 751 g/mol. The molecule has 0 bridgehead atoms. The number of carbonyl (C=O) groups excluding carboxylic acids is 2. The molecule has 4 N–H and O–H groups in total. The summed E-state index contributed by atoms with van der Waals surface area (Å²) >= 11 is 0. The molecule has 1 aliphatic heterocycles. The number of hydrogen-bond acceptors (Lipinski definition) is 11. The van der Waals surface area contributed by atoms with Crippen LogP contribution in [0.3, 0.4) is 0 Å². The minimum absolute atomic E-state index is 0.165. The Morgan fingerprint density at radius 2 is 1.12 bits per heavy atom. The van der Waals surface area contributed by atoms with E-state index in [1.165, 1.54) is 77.0 Å². The zero-order chi connectivity index (χ0) is 37.7. The molecule has 6 atom stereocenters. The highest BCUT2D eigenvalue weighted by Crippen LogP contribution is 2.24. The van der Waals surface area contributed by atoms with E-state index in [4.69, 9.17) is 18.9 Å². The van der Waals surface area contributed by atoms with Gasteiger partial charge in [0.15, 0.2) is 12.4 Å². The molecule has 12 nitrogen and oxygen atoms in total. The molecule has 1 rings (SSSR count). The van der Waals surface area contributed by atoms with Crippen LogP contribution in [0.2, 0.25) is 0 Å². The molecule has 0 amide bonds. The molecule has 51 heavy (non-hydrogen) atoms. The van der Waals surface area contributed by atoms with Crippen molar-refractivity contribution in [2.45, 2.75) is 198 Å². The number of carbonyl (C=O) groups is 2. The van der Waals surface area contributed by atoms with Crippen molar-refractivity contribution in [2.24, 2.45) is 0 Å². The molecule has 1 saturated heterocycles. The Labute approximate surface area is 307 Å². The lowest BCUT2D eigenvalue weighted by atomic mass is 10.00. The normalized spacial score (nSPS) is 21.6. The maximum atomic E-state index is 12.7. The Kier molecular flexibility index (Phi) is 27.7. The standard InChI is InChI=1S/C38H70O12S/c1-3-5-7-9-11-13-15-16-17-19-20-22-24-26-33(39)47-28-31(49-34(40)27-25-23-21-18-14-12-10-8-6-4-2)29-48-38-37(43)36(42)35(41)32(50-38)30-51(44,45)46/h16-17,31-32,35-38,41-43H,3-15,18-30H2,1-2H3,(H,44,45,46)/b17-16+/t31-,32-,35-,36?,37?,38+/m1/s1. The summed E-state index contributed by atoms with van der Waals surface area (Å²) in [6.45, 7) is 3.70. The van der Waals surface area contributed by atoms with E-state index in [2.05, 4.69) is 26.0 Å². The first kappa shape index (κ1) is 47.4. The molecular formula is C38H70O12S. The maximum Gasteiger partial charge on any atom is 0.306 e. The van der Waals surface area contributed by atoms with Gasteiger partial charge in [-0.1, -0.05) is 122 Å². The third-order valence-electron chi connectivity index (χ3n) is 9.10. The lowest BCUT2D eigenvalue weighted by Crippen LogP contribution is -2.60. The summed E-state index contributed by atoms with van der Waals surface area (Å²) in [6, 6.07) is 0. The number of hydrogen-bond donors (Lipinski definition) is 4. The van der Waals surface area contributed by atoms with E-state index in [0.717, 1.165) is 44.9 Å². The van der Waals surface area contributed by atoms with E-state index in [-0.39, 0.29) is 19.4 Å². The van der Waals surface area contributed by atoms with Crippen LogP contribution >= 0.6 is 0 Å². The molecule has 2 unspecified atom stereocenters. The second kappa shape index (κ2) is 29.8. The zero-order valence-electron chi connectivity index (χ0n) is 31.5. The van der Waals surface area contributed by atoms with Crippen LogP contribution in [0.15, 0.2) is 12.2 Å². The highest BCUT2D eigenvalue weighted by atomic mass is 32.2. The van der Waals surface area contributed by atoms with Crippen LogP contribution in [0.5, 0.6) is 0 Å². The number of unbranched alkanes of at least 4 members (excludes halogenated alkanes) is 18. The maximum absolute atomic E-state index is 12.7. The van der Waals surface area contributed by atoms with Gasteiger partial charge < -0.3 is 34.3 Å². The molecule has 1 heterocycles. The highest BCUT2D eigenvalue weighted by Gasteiger charge is 2.46. The predicted octanol–water partition coefficient (Wildman–Crippen LogP) is 6.72. The number of esters is 2. The second-order valence-electron chi connectivity index (χ2n) is 14.0. The van der Waals surface area contributed by atoms with Gasteiger partial charge in [0, 0.05) is 12.8 Å². The van der Waals surface area contributed by atoms with E-state index < -0.39 is 71.2 Å². The molecule has 300 valence electrons. The third-order valence-corrected chi connectivity index (χ3v) is 9.85. The van der Waals surface area contributed by atoms with Gasteiger partial charge in [0.1, 0.15) is 36.8 Å². The topological polar surface area (TPSA) is 186 Å². The Morgan fingerprint density at radius 3 is 1.65 bits per heavy atom. The molecule has 13 heteroatoms. The smallest absolute Gasteiger partial charge is 0.306 e. The van der Waals surface area contributed by atoms with Gasteiger partial charge in [0.05, 0.1) is 6.61 Å². The molecular weight excluding hydrogens is 680 g/mol. The quantitative estimate of drug-likeness (QED) is 0.0247. The number of allylic oxidation sites excluding steroid dienone is 2. The first-order valence-electron chi connectivity index (χ1n) is 19.7. The fourth-order valence-corrected chi connectivity index (χ4v) is 6.65. The van der Waals surface area contributed by atoms with Gasteiger partial charge in [0.25, 0.3) is 10.1 Å². The van der Waals surface area contributed by atoms with Crippen molar-refractivity contribution in [3.05, 3.63) is 12.2 Å². The van der Waals surface area contributed by atoms with E-state index in [9.17, 15) is 37.9 Å². The summed E-state index contributed by atoms with van der Waals surface area (Å²) in [5.74, 6) is -2.00. The van der Waals surface area contributed by atoms with Crippen LogP contribution in [0.25, 0.3) is 0 Å². The van der Waals surface area contributed by atoms with Crippen molar-refractivity contribution < 1.29 is 56.8 Å². The monoisotopic (exact) mass is 750 g/mol. The number of ether oxygens (including phenoxy) is 4. The van der Waals surface area contributed by atoms with Crippen LogP contribution in [0, 0.1) is 0 Å². The lowest BCUT2D eigenvalue weighted by Gasteiger charge is -2.40. The fourth-order valence-electron chi connectivity index (χ4n) is 5.96. The van der Waals surface area contributed by atoms with Crippen LogP contribution in [-0.4, -0.2) is 96.0 Å². The molecule has 0 spiro atoms. The van der Waals surface area contributed by atoms with Crippen molar-refractivity contribution in [2.75, 3.05) is 19.0 Å². The van der Waals surface area contributed by atoms with E-state index in [1.54, 1.807) is 0 Å². The Hall–Kier alpha value is -1.61. The van der Waals surface area contributed by atoms with Crippen molar-refractivity contribution in [3.8, 4) is 0 Å². The molecule has 0 saturated carbocycles. The van der Waals surface area contributed by atoms with Crippen LogP contribution in [-0.2, 0) is 38.7 Å². The molecule has 0 aliphatic carbocycles. The average Bonchev–Trinajstić information content (AvgIpc) is 3.09. The van der Waals surface area contributed by atoms with Gasteiger partial charge in [-0.15, -0.1) is 0 Å². The van der Waals surface area contributed by atoms with Gasteiger partial charge in [-0.2, -0.15) is 8.42 Å². The SMILES string of the molecule is CCCCCCCC/C=C/CCCCCC(=O)OC[C@H](CO[C@H]1O[C@H](CS(=O)(=O)O)[C@@H](O)C(O)C1O)OC(=O)CCCCCCCCCCCC. The largest absolute Gasteiger partial charge is 0.462 e. The number of aliphatic hydroxyl groups excluding tert-OH is 3. The van der Waals surface area contributed by atoms with Gasteiger partial charge in [-0.25, -0.2) is 0 Å². The first-order valence-corrected chi connectivity index (χ1v) is 21.4. The van der Waals surface area contributed by atoms with Crippen molar-refractivity contribution in [1.82, 2.24) is 0 Å². The minimum Gasteiger partial charge on any atom is -0.462 e. The summed E-state index contributed by atoms with van der Waals surface area (Å²) in [4.78, 5) is 25.2. The summed E-state index contributed by atoms with van der Waals surface area (Å²) in [7, 11) is -4.59. The fraction of sp³-hybridized carbons (Fsp3) is 0.895. The predicted molar refractivity (Wildman–Crippen MR) is 197 cm³/mol. The van der Waals surface area contributed by atoms with Crippen LogP contribution in [0.4, 0.5) is 0 Å². The van der Waals surface area contributed by atoms with Crippen molar-refractivity contribution >= 4 is 22.1 Å². The van der Waals surface area contributed by atoms with Gasteiger partial charge >= 0.3 is 11.9 Å². The summed E-state index contributed by atoms with van der Waals surface area (Å²) < 4.78 is 53.8. The molecule has 0 aromatic carbocycles. The lowest BCUT2D eigenvalue weighted by molar-refractivity contribution is -0.297. The third kappa shape index (κ3) is 25.1. The molecule has 0 aromatic heterocycles. The van der Waals surface area contributed by atoms with Crippen molar-refractivity contribution in [3.63, 3.8) is 0 Å².